The van der Waals surface area contributed by atoms with Crippen LogP contribution in [0.25, 0.3) is 0 Å². The monoisotopic (exact) mass is 246 g/mol. The molecule has 1 N–H and O–H groups in total. The van der Waals surface area contributed by atoms with Gasteiger partial charge in [0.15, 0.2) is 0 Å². The molecule has 0 bridgehead atoms. The first-order valence-corrected chi connectivity index (χ1v) is 6.63. The highest BCUT2D eigenvalue weighted by Crippen LogP contribution is 2.32. The fourth-order valence-corrected chi connectivity index (χ4v) is 2.68. The van der Waals surface area contributed by atoms with E-state index in [4.69, 9.17) is 0 Å². The van der Waals surface area contributed by atoms with Gasteiger partial charge in [-0.3, -0.25) is 4.79 Å². The van der Waals surface area contributed by atoms with Crippen molar-refractivity contribution in [1.29, 1.82) is 0 Å². The zero-order valence-electron chi connectivity index (χ0n) is 11.7. The SMILES string of the molecule is CCc1cccc(C)c1N1CCNC(=O)C1(C)C. The van der Waals surface area contributed by atoms with Crippen molar-refractivity contribution in [3.8, 4) is 0 Å². The summed E-state index contributed by atoms with van der Waals surface area (Å²) in [5.74, 6) is 0.110. The van der Waals surface area contributed by atoms with Gasteiger partial charge in [-0.15, -0.1) is 0 Å². The summed E-state index contributed by atoms with van der Waals surface area (Å²) in [5, 5.41) is 2.95. The predicted molar refractivity (Wildman–Crippen MR) is 75.0 cm³/mol. The van der Waals surface area contributed by atoms with Gasteiger partial charge in [-0.2, -0.15) is 0 Å². The Morgan fingerprint density at radius 2 is 2.11 bits per heavy atom. The Morgan fingerprint density at radius 1 is 1.39 bits per heavy atom. The average molecular weight is 246 g/mol. The van der Waals surface area contributed by atoms with Gasteiger partial charge in [-0.1, -0.05) is 25.1 Å². The van der Waals surface area contributed by atoms with Crippen molar-refractivity contribution in [2.45, 2.75) is 39.7 Å². The lowest BCUT2D eigenvalue weighted by atomic mass is 9.94. The van der Waals surface area contributed by atoms with Gasteiger partial charge in [0.05, 0.1) is 0 Å². The van der Waals surface area contributed by atoms with E-state index in [9.17, 15) is 4.79 Å². The number of anilines is 1. The summed E-state index contributed by atoms with van der Waals surface area (Å²) in [6.45, 7) is 9.86. The molecule has 1 aliphatic heterocycles. The molecule has 2 rings (SSSR count). The number of para-hydroxylation sites is 1. The van der Waals surface area contributed by atoms with Gasteiger partial charge >= 0.3 is 0 Å². The van der Waals surface area contributed by atoms with Gasteiger partial charge in [0.25, 0.3) is 0 Å². The van der Waals surface area contributed by atoms with Gasteiger partial charge < -0.3 is 10.2 Å². The number of benzene rings is 1. The molecule has 1 aliphatic rings. The first kappa shape index (κ1) is 12.9. The number of carbonyl (C=O) groups is 1. The summed E-state index contributed by atoms with van der Waals surface area (Å²) in [7, 11) is 0. The van der Waals surface area contributed by atoms with Gasteiger partial charge in [-0.25, -0.2) is 0 Å². The molecule has 98 valence electrons. The Morgan fingerprint density at radius 3 is 2.78 bits per heavy atom. The summed E-state index contributed by atoms with van der Waals surface area (Å²) in [6, 6.07) is 6.37. The standard InChI is InChI=1S/C15H22N2O/c1-5-12-8-6-7-11(2)13(12)17-10-9-16-14(18)15(17,3)4/h6-8H,5,9-10H2,1-4H3,(H,16,18). The van der Waals surface area contributed by atoms with Crippen molar-refractivity contribution in [1.82, 2.24) is 5.32 Å². The summed E-state index contributed by atoms with van der Waals surface area (Å²) in [4.78, 5) is 14.3. The zero-order valence-corrected chi connectivity index (χ0v) is 11.7. The fourth-order valence-electron chi connectivity index (χ4n) is 2.68. The highest BCUT2D eigenvalue weighted by atomic mass is 16.2. The van der Waals surface area contributed by atoms with E-state index in [0.29, 0.717) is 0 Å². The molecule has 0 atom stereocenters. The largest absolute Gasteiger partial charge is 0.355 e. The zero-order chi connectivity index (χ0) is 13.3. The second-order valence-electron chi connectivity index (χ2n) is 5.40. The molecule has 1 aromatic carbocycles. The maximum absolute atomic E-state index is 12.1. The van der Waals surface area contributed by atoms with Crippen LogP contribution in [0.3, 0.4) is 0 Å². The van der Waals surface area contributed by atoms with E-state index in [1.807, 2.05) is 13.8 Å². The van der Waals surface area contributed by atoms with Crippen LogP contribution in [0.15, 0.2) is 18.2 Å². The van der Waals surface area contributed by atoms with Crippen molar-refractivity contribution < 1.29 is 4.79 Å². The molecule has 0 aliphatic carbocycles. The smallest absolute Gasteiger partial charge is 0.245 e. The molecule has 18 heavy (non-hydrogen) atoms. The van der Waals surface area contributed by atoms with Crippen LogP contribution in [0.1, 0.15) is 31.9 Å². The number of hydrogen-bond acceptors (Lipinski definition) is 2. The minimum absolute atomic E-state index is 0.110. The number of piperazine rings is 1. The predicted octanol–water partition coefficient (Wildman–Crippen LogP) is 2.27. The third-order valence-corrected chi connectivity index (χ3v) is 3.82. The second-order valence-corrected chi connectivity index (χ2v) is 5.40. The van der Waals surface area contributed by atoms with Crippen molar-refractivity contribution in [3.63, 3.8) is 0 Å². The van der Waals surface area contributed by atoms with E-state index in [1.165, 1.54) is 16.8 Å². The van der Waals surface area contributed by atoms with E-state index in [1.54, 1.807) is 0 Å². The van der Waals surface area contributed by atoms with Gasteiger partial charge in [-0.05, 0) is 38.3 Å². The molecule has 1 heterocycles. The molecule has 0 spiro atoms. The fraction of sp³-hybridized carbons (Fsp3) is 0.533. The van der Waals surface area contributed by atoms with Crippen LogP contribution in [0, 0.1) is 6.92 Å². The van der Waals surface area contributed by atoms with E-state index in [-0.39, 0.29) is 5.91 Å². The van der Waals surface area contributed by atoms with Crippen molar-refractivity contribution in [3.05, 3.63) is 29.3 Å². The van der Waals surface area contributed by atoms with Crippen LogP contribution in [0.2, 0.25) is 0 Å². The highest BCUT2D eigenvalue weighted by Gasteiger charge is 2.38. The molecule has 0 unspecified atom stereocenters. The number of nitrogens with zero attached hydrogens (tertiary/aromatic N) is 1. The molecular weight excluding hydrogens is 224 g/mol. The Hall–Kier alpha value is -1.51. The number of nitrogens with one attached hydrogen (secondary N) is 1. The first-order chi connectivity index (χ1) is 8.48. The molecule has 1 fully saturated rings. The Balaban J connectivity index is 2.50. The van der Waals surface area contributed by atoms with Crippen molar-refractivity contribution >= 4 is 11.6 Å². The summed E-state index contributed by atoms with van der Waals surface area (Å²) < 4.78 is 0. The van der Waals surface area contributed by atoms with Crippen LogP contribution in [-0.2, 0) is 11.2 Å². The number of carbonyl (C=O) groups excluding carboxylic acids is 1. The quantitative estimate of drug-likeness (QED) is 0.868. The Bertz CT molecular complexity index is 466. The second kappa shape index (κ2) is 4.63. The summed E-state index contributed by atoms with van der Waals surface area (Å²) in [6.07, 6.45) is 0.991. The van der Waals surface area contributed by atoms with Crippen LogP contribution >= 0.6 is 0 Å². The van der Waals surface area contributed by atoms with Crippen LogP contribution < -0.4 is 10.2 Å². The molecule has 0 saturated carbocycles. The van der Waals surface area contributed by atoms with Gasteiger partial charge in [0.2, 0.25) is 5.91 Å². The molecule has 1 aromatic rings. The highest BCUT2D eigenvalue weighted by molar-refractivity contribution is 5.91. The van der Waals surface area contributed by atoms with Crippen LogP contribution in [0.5, 0.6) is 0 Å². The van der Waals surface area contributed by atoms with Crippen LogP contribution in [0.4, 0.5) is 5.69 Å². The average Bonchev–Trinajstić information content (AvgIpc) is 2.33. The third kappa shape index (κ3) is 1.98. The van der Waals surface area contributed by atoms with E-state index in [2.05, 4.69) is 42.3 Å². The Labute approximate surface area is 109 Å². The maximum atomic E-state index is 12.1. The molecular formula is C15H22N2O. The molecule has 0 aromatic heterocycles. The minimum Gasteiger partial charge on any atom is -0.355 e. The molecule has 3 nitrogen and oxygen atoms in total. The molecule has 0 radical (unpaired) electrons. The number of rotatable bonds is 2. The molecule has 3 heteroatoms. The molecule has 1 saturated heterocycles. The topological polar surface area (TPSA) is 32.3 Å². The normalized spacial score (nSPS) is 18.7. The lowest BCUT2D eigenvalue weighted by Gasteiger charge is -2.44. The van der Waals surface area contributed by atoms with E-state index >= 15 is 0 Å². The van der Waals surface area contributed by atoms with E-state index < -0.39 is 5.54 Å². The lowest BCUT2D eigenvalue weighted by molar-refractivity contribution is -0.126. The lowest BCUT2D eigenvalue weighted by Crippen LogP contribution is -2.62. The van der Waals surface area contributed by atoms with Gasteiger partial charge in [0.1, 0.15) is 5.54 Å². The number of aryl methyl sites for hydroxylation is 2. The Kier molecular flexibility index (Phi) is 3.33. The molecule has 1 amide bonds. The van der Waals surface area contributed by atoms with Crippen molar-refractivity contribution in [2.24, 2.45) is 0 Å². The summed E-state index contributed by atoms with van der Waals surface area (Å²) in [5.41, 5.74) is 3.32. The third-order valence-electron chi connectivity index (χ3n) is 3.82. The number of amides is 1. The first-order valence-electron chi connectivity index (χ1n) is 6.63. The number of hydrogen-bond donors (Lipinski definition) is 1. The van der Waals surface area contributed by atoms with Crippen LogP contribution in [-0.4, -0.2) is 24.5 Å². The van der Waals surface area contributed by atoms with Crippen molar-refractivity contribution in [2.75, 3.05) is 18.0 Å². The van der Waals surface area contributed by atoms with Gasteiger partial charge in [0, 0.05) is 18.8 Å². The summed E-state index contributed by atoms with van der Waals surface area (Å²) >= 11 is 0. The van der Waals surface area contributed by atoms with E-state index in [0.717, 1.165) is 19.5 Å². The minimum atomic E-state index is -0.478. The maximum Gasteiger partial charge on any atom is 0.245 e.